The van der Waals surface area contributed by atoms with Crippen LogP contribution in [0.1, 0.15) is 12.0 Å². The van der Waals surface area contributed by atoms with Crippen LogP contribution in [0.15, 0.2) is 18.2 Å². The van der Waals surface area contributed by atoms with Crippen LogP contribution in [-0.4, -0.2) is 31.9 Å². The molecular weight excluding hydrogens is 232 g/mol. The first-order chi connectivity index (χ1) is 8.78. The molecular formula is C13H16N2O3. The average molecular weight is 248 g/mol. The number of carbonyl (C=O) groups excluding carboxylic acids is 1. The lowest BCUT2D eigenvalue weighted by Gasteiger charge is -2.20. The maximum atomic E-state index is 11.7. The molecule has 2 N–H and O–H groups in total. The van der Waals surface area contributed by atoms with E-state index < -0.39 is 0 Å². The summed E-state index contributed by atoms with van der Waals surface area (Å²) in [4.78, 5) is 13.4. The van der Waals surface area contributed by atoms with E-state index in [4.69, 9.17) is 15.2 Å². The van der Waals surface area contributed by atoms with Crippen LogP contribution in [0, 0.1) is 0 Å². The molecule has 0 aromatic heterocycles. The lowest BCUT2D eigenvalue weighted by molar-refractivity contribution is 0.145. The van der Waals surface area contributed by atoms with E-state index in [1.807, 2.05) is 18.2 Å². The molecule has 1 aromatic rings. The Hall–Kier alpha value is -1.75. The Bertz CT molecular complexity index is 475. The molecule has 2 heterocycles. The van der Waals surface area contributed by atoms with Crippen LogP contribution in [0.25, 0.3) is 0 Å². The zero-order chi connectivity index (χ0) is 12.5. The van der Waals surface area contributed by atoms with Crippen LogP contribution >= 0.6 is 0 Å². The number of hydrogen-bond donors (Lipinski definition) is 1. The van der Waals surface area contributed by atoms with Gasteiger partial charge >= 0.3 is 6.09 Å². The van der Waals surface area contributed by atoms with Crippen molar-refractivity contribution < 1.29 is 14.3 Å². The Kier molecular flexibility index (Phi) is 2.83. The van der Waals surface area contributed by atoms with Crippen LogP contribution in [-0.2, 0) is 11.2 Å². The summed E-state index contributed by atoms with van der Waals surface area (Å²) in [5.41, 5.74) is 7.54. The molecule has 1 saturated heterocycles. The van der Waals surface area contributed by atoms with E-state index in [1.165, 1.54) is 0 Å². The SMILES string of the molecule is NCC1CN(c2ccc3c(c2)CCCO3)C(=O)O1. The standard InChI is InChI=1S/C13H16N2O3/c14-7-11-8-15(13(16)18-11)10-3-4-12-9(6-10)2-1-5-17-12/h3-4,6,11H,1-2,5,7-8,14H2. The summed E-state index contributed by atoms with van der Waals surface area (Å²) in [6.45, 7) is 1.65. The van der Waals surface area contributed by atoms with E-state index in [0.717, 1.165) is 36.4 Å². The molecule has 1 aromatic carbocycles. The number of hydrogen-bond acceptors (Lipinski definition) is 4. The van der Waals surface area contributed by atoms with Crippen molar-refractivity contribution >= 4 is 11.8 Å². The van der Waals surface area contributed by atoms with Gasteiger partial charge in [-0.2, -0.15) is 0 Å². The molecule has 96 valence electrons. The third kappa shape index (κ3) is 1.90. The van der Waals surface area contributed by atoms with Crippen LogP contribution in [0.2, 0.25) is 0 Å². The van der Waals surface area contributed by atoms with Crippen LogP contribution in [0.5, 0.6) is 5.75 Å². The summed E-state index contributed by atoms with van der Waals surface area (Å²) >= 11 is 0. The van der Waals surface area contributed by atoms with Gasteiger partial charge in [0.25, 0.3) is 0 Å². The molecule has 1 fully saturated rings. The second kappa shape index (κ2) is 4.49. The minimum atomic E-state index is -0.317. The molecule has 5 heteroatoms. The van der Waals surface area contributed by atoms with Crippen molar-refractivity contribution in [3.05, 3.63) is 23.8 Å². The van der Waals surface area contributed by atoms with E-state index in [1.54, 1.807) is 4.90 Å². The fourth-order valence-corrected chi connectivity index (χ4v) is 2.37. The minimum Gasteiger partial charge on any atom is -0.493 e. The number of anilines is 1. The van der Waals surface area contributed by atoms with Crippen molar-refractivity contribution in [2.75, 3.05) is 24.6 Å². The predicted molar refractivity (Wildman–Crippen MR) is 66.9 cm³/mol. The summed E-state index contributed by atoms with van der Waals surface area (Å²) < 4.78 is 10.7. The Morgan fingerprint density at radius 3 is 3.11 bits per heavy atom. The van der Waals surface area contributed by atoms with E-state index in [0.29, 0.717) is 13.1 Å². The predicted octanol–water partition coefficient (Wildman–Crippen LogP) is 1.30. The fourth-order valence-electron chi connectivity index (χ4n) is 2.37. The van der Waals surface area contributed by atoms with Gasteiger partial charge in [-0.25, -0.2) is 4.79 Å². The van der Waals surface area contributed by atoms with Gasteiger partial charge in [0.05, 0.1) is 13.2 Å². The largest absolute Gasteiger partial charge is 0.493 e. The van der Waals surface area contributed by atoms with Gasteiger partial charge in [-0.05, 0) is 36.6 Å². The van der Waals surface area contributed by atoms with E-state index in [9.17, 15) is 4.79 Å². The molecule has 1 unspecified atom stereocenters. The van der Waals surface area contributed by atoms with E-state index >= 15 is 0 Å². The first-order valence-corrected chi connectivity index (χ1v) is 6.22. The topological polar surface area (TPSA) is 64.8 Å². The fraction of sp³-hybridized carbons (Fsp3) is 0.462. The minimum absolute atomic E-state index is 0.204. The molecule has 18 heavy (non-hydrogen) atoms. The number of ether oxygens (including phenoxy) is 2. The number of cyclic esters (lactones) is 1. The molecule has 2 aliphatic rings. The highest BCUT2D eigenvalue weighted by Gasteiger charge is 2.31. The third-order valence-corrected chi connectivity index (χ3v) is 3.34. The van der Waals surface area contributed by atoms with Crippen molar-refractivity contribution in [1.82, 2.24) is 0 Å². The maximum absolute atomic E-state index is 11.7. The molecule has 0 radical (unpaired) electrons. The lowest BCUT2D eigenvalue weighted by atomic mass is 10.1. The maximum Gasteiger partial charge on any atom is 0.414 e. The quantitative estimate of drug-likeness (QED) is 0.856. The second-order valence-electron chi connectivity index (χ2n) is 4.60. The normalized spacial score (nSPS) is 22.4. The monoisotopic (exact) mass is 248 g/mol. The lowest BCUT2D eigenvalue weighted by Crippen LogP contribution is -2.27. The first-order valence-electron chi connectivity index (χ1n) is 6.22. The first kappa shape index (κ1) is 11.3. The Balaban J connectivity index is 1.86. The number of fused-ring (bicyclic) bond motifs is 1. The van der Waals surface area contributed by atoms with Crippen LogP contribution < -0.4 is 15.4 Å². The van der Waals surface area contributed by atoms with Gasteiger partial charge in [0.15, 0.2) is 0 Å². The highest BCUT2D eigenvalue weighted by molar-refractivity contribution is 5.90. The Morgan fingerprint density at radius 1 is 1.44 bits per heavy atom. The number of benzene rings is 1. The molecule has 0 spiro atoms. The molecule has 3 rings (SSSR count). The van der Waals surface area contributed by atoms with Crippen molar-refractivity contribution in [2.24, 2.45) is 5.73 Å². The zero-order valence-corrected chi connectivity index (χ0v) is 10.1. The molecule has 1 atom stereocenters. The number of nitrogens with two attached hydrogens (primary N) is 1. The average Bonchev–Trinajstić information content (AvgIpc) is 2.79. The van der Waals surface area contributed by atoms with Crippen LogP contribution in [0.4, 0.5) is 10.5 Å². The van der Waals surface area contributed by atoms with Gasteiger partial charge in [-0.15, -0.1) is 0 Å². The Labute approximate surface area is 105 Å². The van der Waals surface area contributed by atoms with Gasteiger partial charge in [0.2, 0.25) is 0 Å². The zero-order valence-electron chi connectivity index (χ0n) is 10.1. The van der Waals surface area contributed by atoms with Crippen molar-refractivity contribution in [3.63, 3.8) is 0 Å². The van der Waals surface area contributed by atoms with Gasteiger partial charge in [-0.3, -0.25) is 4.90 Å². The summed E-state index contributed by atoms with van der Waals surface area (Å²) in [6, 6.07) is 5.83. The number of nitrogens with zero attached hydrogens (tertiary/aromatic N) is 1. The third-order valence-electron chi connectivity index (χ3n) is 3.34. The molecule has 2 aliphatic heterocycles. The molecule has 0 bridgehead atoms. The van der Waals surface area contributed by atoms with Crippen molar-refractivity contribution in [3.8, 4) is 5.75 Å². The molecule has 5 nitrogen and oxygen atoms in total. The van der Waals surface area contributed by atoms with Gasteiger partial charge < -0.3 is 15.2 Å². The number of carbonyl (C=O) groups is 1. The van der Waals surface area contributed by atoms with Gasteiger partial charge in [0.1, 0.15) is 11.9 Å². The number of aryl methyl sites for hydroxylation is 1. The smallest absolute Gasteiger partial charge is 0.414 e. The van der Waals surface area contributed by atoms with Crippen molar-refractivity contribution in [1.29, 1.82) is 0 Å². The summed E-state index contributed by atoms with van der Waals surface area (Å²) in [5, 5.41) is 0. The Morgan fingerprint density at radius 2 is 2.33 bits per heavy atom. The van der Waals surface area contributed by atoms with Gasteiger partial charge in [-0.1, -0.05) is 0 Å². The highest BCUT2D eigenvalue weighted by atomic mass is 16.6. The van der Waals surface area contributed by atoms with E-state index in [2.05, 4.69) is 0 Å². The number of amides is 1. The molecule has 0 saturated carbocycles. The van der Waals surface area contributed by atoms with Crippen LogP contribution in [0.3, 0.4) is 0 Å². The van der Waals surface area contributed by atoms with Crippen molar-refractivity contribution in [2.45, 2.75) is 18.9 Å². The highest BCUT2D eigenvalue weighted by Crippen LogP contribution is 2.30. The molecule has 1 amide bonds. The second-order valence-corrected chi connectivity index (χ2v) is 4.60. The summed E-state index contributed by atoms with van der Waals surface area (Å²) in [6.07, 6.45) is 1.49. The summed E-state index contributed by atoms with van der Waals surface area (Å²) in [7, 11) is 0. The van der Waals surface area contributed by atoms with Gasteiger partial charge in [0, 0.05) is 12.2 Å². The van der Waals surface area contributed by atoms with E-state index in [-0.39, 0.29) is 12.2 Å². The number of rotatable bonds is 2. The summed E-state index contributed by atoms with van der Waals surface area (Å²) in [5.74, 6) is 0.924. The molecule has 0 aliphatic carbocycles.